The summed E-state index contributed by atoms with van der Waals surface area (Å²) in [4.78, 5) is 18.9. The smallest absolute Gasteiger partial charge is 0.225 e. The number of carbonyl (C=O) groups excluding carboxylic acids is 1. The van der Waals surface area contributed by atoms with E-state index in [1.54, 1.807) is 23.5 Å². The Morgan fingerprint density at radius 1 is 1.12 bits per heavy atom. The molecule has 2 aliphatic rings. The molecule has 2 heterocycles. The van der Waals surface area contributed by atoms with Crippen LogP contribution in [0.3, 0.4) is 0 Å². The molecule has 1 aromatic heterocycles. The summed E-state index contributed by atoms with van der Waals surface area (Å²) in [5.41, 5.74) is 0.936. The number of halogens is 1. The van der Waals surface area contributed by atoms with Crippen molar-refractivity contribution in [2.24, 2.45) is 5.92 Å². The summed E-state index contributed by atoms with van der Waals surface area (Å²) < 4.78 is 13.4. The molecular formula is C19H21FN2OS. The Morgan fingerprint density at radius 3 is 2.62 bits per heavy atom. The molecule has 1 amide bonds. The lowest BCUT2D eigenvalue weighted by Crippen LogP contribution is -2.48. The van der Waals surface area contributed by atoms with Gasteiger partial charge in [0.2, 0.25) is 5.91 Å². The van der Waals surface area contributed by atoms with Gasteiger partial charge in [-0.2, -0.15) is 0 Å². The number of hydrogen-bond donors (Lipinski definition) is 0. The first kappa shape index (κ1) is 15.8. The predicted molar refractivity (Wildman–Crippen MR) is 94.3 cm³/mol. The summed E-state index contributed by atoms with van der Waals surface area (Å²) in [6.07, 6.45) is 2.16. The minimum Gasteiger partial charge on any atom is -0.340 e. The van der Waals surface area contributed by atoms with E-state index in [1.807, 2.05) is 11.0 Å². The van der Waals surface area contributed by atoms with Crippen molar-refractivity contribution in [2.45, 2.75) is 19.4 Å². The highest BCUT2D eigenvalue weighted by atomic mass is 32.1. The Balaban J connectivity index is 1.34. The van der Waals surface area contributed by atoms with Crippen LogP contribution in [0.25, 0.3) is 10.4 Å². The summed E-state index contributed by atoms with van der Waals surface area (Å²) in [6.45, 7) is 4.47. The molecule has 4 rings (SSSR count). The number of nitrogens with zero attached hydrogens (tertiary/aromatic N) is 2. The van der Waals surface area contributed by atoms with Gasteiger partial charge in [0.1, 0.15) is 5.82 Å². The van der Waals surface area contributed by atoms with Crippen molar-refractivity contribution in [1.82, 2.24) is 9.80 Å². The minimum absolute atomic E-state index is 0.195. The number of thiophene rings is 1. The van der Waals surface area contributed by atoms with Crippen LogP contribution in [-0.4, -0.2) is 41.9 Å². The SMILES string of the molecule is O=C(C1CC1)N1CCN(Cc2ccc(-c3cccc(F)c3)s2)CC1. The number of hydrogen-bond acceptors (Lipinski definition) is 3. The molecule has 3 nitrogen and oxygen atoms in total. The molecule has 2 aromatic rings. The molecule has 1 aliphatic carbocycles. The largest absolute Gasteiger partial charge is 0.340 e. The normalized spacial score (nSPS) is 18.8. The van der Waals surface area contributed by atoms with Crippen molar-refractivity contribution >= 4 is 17.2 Å². The Kier molecular flexibility index (Phi) is 4.37. The van der Waals surface area contributed by atoms with Gasteiger partial charge in [0.25, 0.3) is 0 Å². The van der Waals surface area contributed by atoms with E-state index in [2.05, 4.69) is 17.0 Å². The van der Waals surface area contributed by atoms with Crippen LogP contribution in [0.4, 0.5) is 4.39 Å². The molecule has 2 fully saturated rings. The molecule has 1 aliphatic heterocycles. The summed E-state index contributed by atoms with van der Waals surface area (Å²) >= 11 is 1.72. The molecule has 0 radical (unpaired) electrons. The Morgan fingerprint density at radius 2 is 1.92 bits per heavy atom. The van der Waals surface area contributed by atoms with Crippen LogP contribution in [0.5, 0.6) is 0 Å². The molecule has 1 saturated heterocycles. The lowest BCUT2D eigenvalue weighted by molar-refractivity contribution is -0.134. The molecule has 5 heteroatoms. The molecule has 0 unspecified atom stereocenters. The molecule has 126 valence electrons. The maximum absolute atomic E-state index is 13.4. The number of carbonyl (C=O) groups is 1. The van der Waals surface area contributed by atoms with E-state index in [0.29, 0.717) is 11.8 Å². The van der Waals surface area contributed by atoms with E-state index in [-0.39, 0.29) is 5.82 Å². The standard InChI is InChI=1S/C19H21FN2OS/c20-16-3-1-2-15(12-16)18-7-6-17(24-18)13-21-8-10-22(11-9-21)19(23)14-4-5-14/h1-3,6-7,12,14H,4-5,8-11,13H2. The highest BCUT2D eigenvalue weighted by molar-refractivity contribution is 7.15. The van der Waals surface area contributed by atoms with E-state index < -0.39 is 0 Å². The van der Waals surface area contributed by atoms with Gasteiger partial charge in [-0.1, -0.05) is 12.1 Å². The average molecular weight is 344 g/mol. The molecule has 0 bridgehead atoms. The van der Waals surface area contributed by atoms with Crippen LogP contribution < -0.4 is 0 Å². The van der Waals surface area contributed by atoms with Gasteiger partial charge in [-0.25, -0.2) is 4.39 Å². The molecule has 0 N–H and O–H groups in total. The third-order valence-corrected chi connectivity index (χ3v) is 5.88. The topological polar surface area (TPSA) is 23.6 Å². The second-order valence-electron chi connectivity index (χ2n) is 6.65. The lowest BCUT2D eigenvalue weighted by Gasteiger charge is -2.34. The van der Waals surface area contributed by atoms with E-state index in [9.17, 15) is 9.18 Å². The summed E-state index contributed by atoms with van der Waals surface area (Å²) in [6, 6.07) is 11.0. The van der Waals surface area contributed by atoms with Crippen molar-refractivity contribution in [3.63, 3.8) is 0 Å². The van der Waals surface area contributed by atoms with E-state index in [4.69, 9.17) is 0 Å². The molecule has 1 aromatic carbocycles. The van der Waals surface area contributed by atoms with Crippen LogP contribution >= 0.6 is 11.3 Å². The van der Waals surface area contributed by atoms with Gasteiger partial charge in [0.05, 0.1) is 0 Å². The maximum atomic E-state index is 13.4. The zero-order valence-electron chi connectivity index (χ0n) is 13.6. The van der Waals surface area contributed by atoms with Crippen LogP contribution in [0, 0.1) is 11.7 Å². The van der Waals surface area contributed by atoms with Crippen molar-refractivity contribution in [1.29, 1.82) is 0 Å². The predicted octanol–water partition coefficient (Wildman–Crippen LogP) is 3.61. The number of rotatable bonds is 4. The van der Waals surface area contributed by atoms with E-state index in [0.717, 1.165) is 56.0 Å². The van der Waals surface area contributed by atoms with Crippen LogP contribution in [0.15, 0.2) is 36.4 Å². The number of amides is 1. The molecule has 0 atom stereocenters. The number of piperazine rings is 1. The highest BCUT2D eigenvalue weighted by Gasteiger charge is 2.34. The monoisotopic (exact) mass is 344 g/mol. The summed E-state index contributed by atoms with van der Waals surface area (Å²) in [5.74, 6) is 0.487. The van der Waals surface area contributed by atoms with Gasteiger partial charge in [0.15, 0.2) is 0 Å². The first-order chi connectivity index (χ1) is 11.7. The van der Waals surface area contributed by atoms with Gasteiger partial charge in [-0.15, -0.1) is 11.3 Å². The second-order valence-corrected chi connectivity index (χ2v) is 7.82. The Labute approximate surface area is 145 Å². The van der Waals surface area contributed by atoms with Gasteiger partial charge in [-0.3, -0.25) is 9.69 Å². The zero-order valence-corrected chi connectivity index (χ0v) is 14.4. The van der Waals surface area contributed by atoms with Crippen molar-refractivity contribution in [3.8, 4) is 10.4 Å². The first-order valence-electron chi connectivity index (χ1n) is 8.55. The van der Waals surface area contributed by atoms with Gasteiger partial charge in [0, 0.05) is 48.4 Å². The lowest BCUT2D eigenvalue weighted by atomic mass is 10.2. The fourth-order valence-electron chi connectivity index (χ4n) is 3.20. The van der Waals surface area contributed by atoms with Crippen molar-refractivity contribution in [2.75, 3.05) is 26.2 Å². The van der Waals surface area contributed by atoms with Crippen molar-refractivity contribution in [3.05, 3.63) is 47.1 Å². The third kappa shape index (κ3) is 3.52. The average Bonchev–Trinajstić information content (AvgIpc) is 3.34. The highest BCUT2D eigenvalue weighted by Crippen LogP contribution is 2.32. The molecular weight excluding hydrogens is 323 g/mol. The van der Waals surface area contributed by atoms with Crippen LogP contribution in [0.2, 0.25) is 0 Å². The van der Waals surface area contributed by atoms with Crippen LogP contribution in [0.1, 0.15) is 17.7 Å². The van der Waals surface area contributed by atoms with Crippen LogP contribution in [-0.2, 0) is 11.3 Å². The Hall–Kier alpha value is -1.72. The fraction of sp³-hybridized carbons (Fsp3) is 0.421. The molecule has 0 spiro atoms. The maximum Gasteiger partial charge on any atom is 0.225 e. The zero-order chi connectivity index (χ0) is 16.5. The van der Waals surface area contributed by atoms with E-state index >= 15 is 0 Å². The second kappa shape index (κ2) is 6.65. The van der Waals surface area contributed by atoms with E-state index in [1.165, 1.54) is 10.9 Å². The van der Waals surface area contributed by atoms with Gasteiger partial charge < -0.3 is 4.90 Å². The van der Waals surface area contributed by atoms with Gasteiger partial charge >= 0.3 is 0 Å². The minimum atomic E-state index is -0.195. The number of benzene rings is 1. The molecule has 24 heavy (non-hydrogen) atoms. The quantitative estimate of drug-likeness (QED) is 0.846. The first-order valence-corrected chi connectivity index (χ1v) is 9.36. The van der Waals surface area contributed by atoms with Crippen molar-refractivity contribution < 1.29 is 9.18 Å². The third-order valence-electron chi connectivity index (χ3n) is 4.76. The summed E-state index contributed by atoms with van der Waals surface area (Å²) in [7, 11) is 0. The summed E-state index contributed by atoms with van der Waals surface area (Å²) in [5, 5.41) is 0. The molecule has 1 saturated carbocycles. The van der Waals surface area contributed by atoms with Gasteiger partial charge in [-0.05, 0) is 42.7 Å². The Bertz CT molecular complexity index is 732. The fourth-order valence-corrected chi connectivity index (χ4v) is 4.24.